The minimum absolute atomic E-state index is 0.372. The van der Waals surface area contributed by atoms with Crippen LogP contribution >= 0.6 is 0 Å². The molecule has 0 bridgehead atoms. The lowest BCUT2D eigenvalue weighted by molar-refractivity contribution is -0.0370. The Morgan fingerprint density at radius 1 is 1.42 bits per heavy atom. The zero-order valence-electron chi connectivity index (χ0n) is 12.7. The molecule has 2 aliphatic rings. The largest absolute Gasteiger partial charge is 0.374 e. The maximum absolute atomic E-state index is 5.83. The fourth-order valence-electron chi connectivity index (χ4n) is 2.98. The van der Waals surface area contributed by atoms with Crippen molar-refractivity contribution in [2.24, 2.45) is 0 Å². The van der Waals surface area contributed by atoms with Crippen molar-refractivity contribution in [1.29, 1.82) is 0 Å². The molecule has 0 amide bonds. The standard InChI is InChI=1S/C16H30N2O/c1-14(2)18-10-11-19-16(13-18)12-17-9-8-15-6-4-3-5-7-15/h6,14,16-17H,3-5,7-13H2,1-2H3. The molecule has 0 spiro atoms. The summed E-state index contributed by atoms with van der Waals surface area (Å²) in [5.74, 6) is 0. The van der Waals surface area contributed by atoms with Gasteiger partial charge in [-0.05, 0) is 52.5 Å². The minimum Gasteiger partial charge on any atom is -0.374 e. The summed E-state index contributed by atoms with van der Waals surface area (Å²) in [6.07, 6.45) is 9.44. The van der Waals surface area contributed by atoms with Gasteiger partial charge in [0.15, 0.2) is 0 Å². The second kappa shape index (κ2) is 8.03. The van der Waals surface area contributed by atoms with Crippen LogP contribution in [0.5, 0.6) is 0 Å². The first kappa shape index (κ1) is 15.0. The highest BCUT2D eigenvalue weighted by Gasteiger charge is 2.21. The van der Waals surface area contributed by atoms with Crippen LogP contribution < -0.4 is 5.32 Å². The summed E-state index contributed by atoms with van der Waals surface area (Å²) in [5.41, 5.74) is 1.66. The molecule has 110 valence electrons. The van der Waals surface area contributed by atoms with Crippen LogP contribution in [-0.2, 0) is 4.74 Å². The number of hydrogen-bond acceptors (Lipinski definition) is 3. The van der Waals surface area contributed by atoms with E-state index >= 15 is 0 Å². The third kappa shape index (κ3) is 5.25. The Labute approximate surface area is 118 Å². The predicted molar refractivity (Wildman–Crippen MR) is 80.5 cm³/mol. The van der Waals surface area contributed by atoms with Gasteiger partial charge in [0.2, 0.25) is 0 Å². The van der Waals surface area contributed by atoms with E-state index in [-0.39, 0.29) is 0 Å². The summed E-state index contributed by atoms with van der Waals surface area (Å²) < 4.78 is 5.83. The molecule has 1 N–H and O–H groups in total. The van der Waals surface area contributed by atoms with Crippen molar-refractivity contribution in [3.05, 3.63) is 11.6 Å². The Morgan fingerprint density at radius 2 is 2.32 bits per heavy atom. The number of nitrogens with zero attached hydrogens (tertiary/aromatic N) is 1. The van der Waals surface area contributed by atoms with E-state index < -0.39 is 0 Å². The molecule has 3 nitrogen and oxygen atoms in total. The Morgan fingerprint density at radius 3 is 3.05 bits per heavy atom. The molecular formula is C16H30N2O. The van der Waals surface area contributed by atoms with Crippen LogP contribution in [0, 0.1) is 0 Å². The lowest BCUT2D eigenvalue weighted by Gasteiger charge is -2.35. The van der Waals surface area contributed by atoms with E-state index in [0.29, 0.717) is 12.1 Å². The Balaban J connectivity index is 1.58. The van der Waals surface area contributed by atoms with E-state index in [9.17, 15) is 0 Å². The molecule has 0 aromatic heterocycles. The van der Waals surface area contributed by atoms with Gasteiger partial charge in [-0.25, -0.2) is 0 Å². The van der Waals surface area contributed by atoms with E-state index in [0.717, 1.165) is 32.8 Å². The molecule has 1 unspecified atom stereocenters. The molecule has 2 rings (SSSR count). The zero-order valence-corrected chi connectivity index (χ0v) is 12.7. The van der Waals surface area contributed by atoms with Gasteiger partial charge in [-0.2, -0.15) is 0 Å². The van der Waals surface area contributed by atoms with E-state index in [4.69, 9.17) is 4.74 Å². The maximum Gasteiger partial charge on any atom is 0.0826 e. The third-order valence-corrected chi connectivity index (χ3v) is 4.28. The Hall–Kier alpha value is -0.380. The van der Waals surface area contributed by atoms with Crippen molar-refractivity contribution in [3.8, 4) is 0 Å². The van der Waals surface area contributed by atoms with Crippen LogP contribution in [0.3, 0.4) is 0 Å². The quantitative estimate of drug-likeness (QED) is 0.591. The number of rotatable bonds is 6. The first-order chi connectivity index (χ1) is 9.25. The Kier molecular flexibility index (Phi) is 6.35. The number of hydrogen-bond donors (Lipinski definition) is 1. The smallest absolute Gasteiger partial charge is 0.0826 e. The van der Waals surface area contributed by atoms with Crippen LogP contribution in [0.25, 0.3) is 0 Å². The predicted octanol–water partition coefficient (Wildman–Crippen LogP) is 2.58. The molecule has 1 fully saturated rings. The summed E-state index contributed by atoms with van der Waals surface area (Å²) in [5, 5.41) is 3.57. The summed E-state index contributed by atoms with van der Waals surface area (Å²) in [6, 6.07) is 0.638. The lowest BCUT2D eigenvalue weighted by Crippen LogP contribution is -2.49. The summed E-state index contributed by atoms with van der Waals surface area (Å²) in [6.45, 7) is 9.69. The van der Waals surface area contributed by atoms with Gasteiger partial charge in [0, 0.05) is 25.7 Å². The van der Waals surface area contributed by atoms with E-state index in [1.54, 1.807) is 5.57 Å². The Bertz CT molecular complexity index is 288. The third-order valence-electron chi connectivity index (χ3n) is 4.28. The van der Waals surface area contributed by atoms with Gasteiger partial charge in [0.05, 0.1) is 12.7 Å². The molecule has 1 aliphatic heterocycles. The number of nitrogens with one attached hydrogen (secondary N) is 1. The summed E-state index contributed by atoms with van der Waals surface area (Å²) in [7, 11) is 0. The number of morpholine rings is 1. The summed E-state index contributed by atoms with van der Waals surface area (Å²) in [4.78, 5) is 2.51. The van der Waals surface area contributed by atoms with Crippen molar-refractivity contribution in [2.75, 3.05) is 32.8 Å². The SMILES string of the molecule is CC(C)N1CCOC(CNCCC2=CCCCC2)C1. The van der Waals surface area contributed by atoms with Crippen molar-refractivity contribution in [2.45, 2.75) is 58.1 Å². The van der Waals surface area contributed by atoms with Gasteiger partial charge in [0.25, 0.3) is 0 Å². The molecule has 1 atom stereocenters. The fourth-order valence-corrected chi connectivity index (χ4v) is 2.98. The van der Waals surface area contributed by atoms with Crippen LogP contribution in [0.15, 0.2) is 11.6 Å². The normalized spacial score (nSPS) is 25.6. The molecule has 1 saturated heterocycles. The number of ether oxygens (including phenoxy) is 1. The molecule has 0 aromatic rings. The highest BCUT2D eigenvalue weighted by Crippen LogP contribution is 2.19. The topological polar surface area (TPSA) is 24.5 Å². The average Bonchev–Trinajstić information content (AvgIpc) is 2.45. The maximum atomic E-state index is 5.83. The van der Waals surface area contributed by atoms with Crippen molar-refractivity contribution in [1.82, 2.24) is 10.2 Å². The molecule has 1 aliphatic carbocycles. The molecule has 1 heterocycles. The van der Waals surface area contributed by atoms with Crippen molar-refractivity contribution >= 4 is 0 Å². The number of allylic oxidation sites excluding steroid dienone is 1. The van der Waals surface area contributed by atoms with Gasteiger partial charge in [-0.15, -0.1) is 0 Å². The van der Waals surface area contributed by atoms with Crippen LogP contribution in [-0.4, -0.2) is 49.8 Å². The second-order valence-corrected chi connectivity index (χ2v) is 6.14. The highest BCUT2D eigenvalue weighted by atomic mass is 16.5. The van der Waals surface area contributed by atoms with Crippen LogP contribution in [0.2, 0.25) is 0 Å². The van der Waals surface area contributed by atoms with Gasteiger partial charge in [-0.1, -0.05) is 11.6 Å². The first-order valence-electron chi connectivity index (χ1n) is 8.00. The highest BCUT2D eigenvalue weighted by molar-refractivity contribution is 5.05. The van der Waals surface area contributed by atoms with Crippen LogP contribution in [0.4, 0.5) is 0 Å². The van der Waals surface area contributed by atoms with E-state index in [2.05, 4.69) is 30.1 Å². The molecule has 0 saturated carbocycles. The first-order valence-corrected chi connectivity index (χ1v) is 8.00. The average molecular weight is 266 g/mol. The van der Waals surface area contributed by atoms with Crippen LogP contribution in [0.1, 0.15) is 46.0 Å². The fraction of sp³-hybridized carbons (Fsp3) is 0.875. The van der Waals surface area contributed by atoms with E-state index in [1.165, 1.54) is 32.1 Å². The molecule has 19 heavy (non-hydrogen) atoms. The summed E-state index contributed by atoms with van der Waals surface area (Å²) >= 11 is 0. The second-order valence-electron chi connectivity index (χ2n) is 6.14. The minimum atomic E-state index is 0.372. The van der Waals surface area contributed by atoms with E-state index in [1.807, 2.05) is 0 Å². The van der Waals surface area contributed by atoms with Crippen molar-refractivity contribution in [3.63, 3.8) is 0 Å². The molecule has 0 radical (unpaired) electrons. The monoisotopic (exact) mass is 266 g/mol. The zero-order chi connectivity index (χ0) is 13.5. The van der Waals surface area contributed by atoms with Gasteiger partial charge in [-0.3, -0.25) is 4.90 Å². The molecule has 0 aromatic carbocycles. The van der Waals surface area contributed by atoms with Gasteiger partial charge < -0.3 is 10.1 Å². The molecular weight excluding hydrogens is 236 g/mol. The molecule has 3 heteroatoms. The lowest BCUT2D eigenvalue weighted by atomic mass is 9.97. The van der Waals surface area contributed by atoms with Gasteiger partial charge >= 0.3 is 0 Å². The van der Waals surface area contributed by atoms with Crippen molar-refractivity contribution < 1.29 is 4.74 Å². The van der Waals surface area contributed by atoms with Gasteiger partial charge in [0.1, 0.15) is 0 Å².